The van der Waals surface area contributed by atoms with Gasteiger partial charge in [0.2, 0.25) is 0 Å². The van der Waals surface area contributed by atoms with E-state index in [1.165, 1.54) is 6.33 Å². The predicted molar refractivity (Wildman–Crippen MR) is 83.4 cm³/mol. The van der Waals surface area contributed by atoms with Crippen molar-refractivity contribution in [2.24, 2.45) is 5.92 Å². The van der Waals surface area contributed by atoms with Crippen molar-refractivity contribution in [1.82, 2.24) is 9.97 Å². The second-order valence-electron chi connectivity index (χ2n) is 4.87. The van der Waals surface area contributed by atoms with Crippen LogP contribution in [0.1, 0.15) is 32.9 Å². The largest absolute Gasteiger partial charge is 0.480 e. The van der Waals surface area contributed by atoms with Crippen LogP contribution in [-0.2, 0) is 11.2 Å². The maximum absolute atomic E-state index is 10.9. The molecule has 0 aliphatic heterocycles. The van der Waals surface area contributed by atoms with Gasteiger partial charge in [-0.05, 0) is 41.4 Å². The van der Waals surface area contributed by atoms with Gasteiger partial charge < -0.3 is 10.0 Å². The van der Waals surface area contributed by atoms with E-state index in [2.05, 4.69) is 46.4 Å². The molecule has 1 N–H and O–H groups in total. The number of nitrogens with zero attached hydrogens (tertiary/aromatic N) is 3. The zero-order chi connectivity index (χ0) is 14.4. The Kier molecular flexibility index (Phi) is 6.47. The van der Waals surface area contributed by atoms with E-state index < -0.39 is 5.97 Å². The van der Waals surface area contributed by atoms with Crippen LogP contribution in [-0.4, -0.2) is 34.1 Å². The third-order valence-corrected chi connectivity index (χ3v) is 3.67. The SMILES string of the molecule is CCCN(CC(=O)O)c1ncnc(CC(C)C)c1I. The first-order valence-electron chi connectivity index (χ1n) is 6.41. The number of rotatable bonds is 7. The van der Waals surface area contributed by atoms with Crippen molar-refractivity contribution >= 4 is 34.4 Å². The van der Waals surface area contributed by atoms with E-state index in [4.69, 9.17) is 5.11 Å². The van der Waals surface area contributed by atoms with E-state index in [9.17, 15) is 4.79 Å². The van der Waals surface area contributed by atoms with E-state index in [-0.39, 0.29) is 6.54 Å². The van der Waals surface area contributed by atoms with Gasteiger partial charge in [-0.25, -0.2) is 9.97 Å². The van der Waals surface area contributed by atoms with Crippen LogP contribution in [0.5, 0.6) is 0 Å². The number of hydrogen-bond acceptors (Lipinski definition) is 4. The predicted octanol–water partition coefficient (Wildman–Crippen LogP) is 2.58. The second kappa shape index (κ2) is 7.62. The normalized spacial score (nSPS) is 10.8. The molecule has 0 saturated heterocycles. The van der Waals surface area contributed by atoms with Gasteiger partial charge in [-0.15, -0.1) is 0 Å². The zero-order valence-electron chi connectivity index (χ0n) is 11.6. The molecule has 5 nitrogen and oxygen atoms in total. The summed E-state index contributed by atoms with van der Waals surface area (Å²) in [6.45, 7) is 6.96. The number of anilines is 1. The van der Waals surface area contributed by atoms with Crippen molar-refractivity contribution in [1.29, 1.82) is 0 Å². The van der Waals surface area contributed by atoms with E-state index >= 15 is 0 Å². The van der Waals surface area contributed by atoms with Crippen LogP contribution >= 0.6 is 22.6 Å². The van der Waals surface area contributed by atoms with Gasteiger partial charge in [0.1, 0.15) is 18.7 Å². The summed E-state index contributed by atoms with van der Waals surface area (Å²) in [4.78, 5) is 21.3. The summed E-state index contributed by atoms with van der Waals surface area (Å²) in [5, 5.41) is 8.99. The molecule has 0 unspecified atom stereocenters. The standard InChI is InChI=1S/C13H20IN3O2/c1-4-5-17(7-11(18)19)13-12(14)10(6-9(2)3)15-8-16-13/h8-9H,4-7H2,1-3H3,(H,18,19). The summed E-state index contributed by atoms with van der Waals surface area (Å²) >= 11 is 2.22. The van der Waals surface area contributed by atoms with Crippen molar-refractivity contribution in [2.75, 3.05) is 18.0 Å². The van der Waals surface area contributed by atoms with Crippen LogP contribution in [0, 0.1) is 9.49 Å². The lowest BCUT2D eigenvalue weighted by Crippen LogP contribution is -2.32. The van der Waals surface area contributed by atoms with Gasteiger partial charge in [-0.3, -0.25) is 4.79 Å². The summed E-state index contributed by atoms with van der Waals surface area (Å²) in [6.07, 6.45) is 3.29. The van der Waals surface area contributed by atoms with Crippen LogP contribution in [0.3, 0.4) is 0 Å². The molecule has 0 atom stereocenters. The van der Waals surface area contributed by atoms with Gasteiger partial charge in [0.25, 0.3) is 0 Å². The maximum Gasteiger partial charge on any atom is 0.323 e. The number of halogens is 1. The number of hydrogen-bond donors (Lipinski definition) is 1. The van der Waals surface area contributed by atoms with E-state index in [1.807, 2.05) is 6.92 Å². The number of aromatic nitrogens is 2. The van der Waals surface area contributed by atoms with Gasteiger partial charge in [-0.2, -0.15) is 0 Å². The summed E-state index contributed by atoms with van der Waals surface area (Å²) in [5.41, 5.74) is 0.993. The van der Waals surface area contributed by atoms with Gasteiger partial charge in [-0.1, -0.05) is 20.8 Å². The number of carbonyl (C=O) groups is 1. The molecule has 0 amide bonds. The average molecular weight is 377 g/mol. The zero-order valence-corrected chi connectivity index (χ0v) is 13.7. The van der Waals surface area contributed by atoms with Crippen molar-refractivity contribution in [3.8, 4) is 0 Å². The van der Waals surface area contributed by atoms with E-state index in [0.717, 1.165) is 27.9 Å². The highest BCUT2D eigenvalue weighted by Crippen LogP contribution is 2.23. The highest BCUT2D eigenvalue weighted by Gasteiger charge is 2.17. The molecule has 1 aromatic heterocycles. The lowest BCUT2D eigenvalue weighted by Gasteiger charge is -2.23. The quantitative estimate of drug-likeness (QED) is 0.740. The van der Waals surface area contributed by atoms with Crippen LogP contribution in [0.4, 0.5) is 5.82 Å². The fourth-order valence-corrected chi connectivity index (χ4v) is 2.68. The second-order valence-corrected chi connectivity index (χ2v) is 5.95. The molecule has 1 heterocycles. The first kappa shape index (κ1) is 16.1. The average Bonchev–Trinajstić information content (AvgIpc) is 2.30. The van der Waals surface area contributed by atoms with Gasteiger partial charge in [0.05, 0.1) is 9.26 Å². The van der Waals surface area contributed by atoms with E-state index in [0.29, 0.717) is 12.5 Å². The van der Waals surface area contributed by atoms with E-state index in [1.54, 1.807) is 4.90 Å². The Labute approximate surface area is 127 Å². The number of aliphatic carboxylic acids is 1. The third kappa shape index (κ3) is 4.93. The van der Waals surface area contributed by atoms with Crippen LogP contribution in [0.15, 0.2) is 6.33 Å². The molecular formula is C13H20IN3O2. The molecule has 0 bridgehead atoms. The Balaban J connectivity index is 3.05. The fourth-order valence-electron chi connectivity index (χ4n) is 1.84. The molecule has 0 spiro atoms. The molecule has 0 saturated carbocycles. The molecule has 0 fully saturated rings. The molecule has 106 valence electrons. The lowest BCUT2D eigenvalue weighted by molar-refractivity contribution is -0.135. The smallest absolute Gasteiger partial charge is 0.323 e. The monoisotopic (exact) mass is 377 g/mol. The molecule has 1 aromatic rings. The van der Waals surface area contributed by atoms with Crippen molar-refractivity contribution in [2.45, 2.75) is 33.6 Å². The van der Waals surface area contributed by atoms with Gasteiger partial charge in [0, 0.05) is 6.54 Å². The van der Waals surface area contributed by atoms with Crippen LogP contribution in [0.25, 0.3) is 0 Å². The van der Waals surface area contributed by atoms with Crippen LogP contribution < -0.4 is 4.90 Å². The highest BCUT2D eigenvalue weighted by atomic mass is 127. The number of carboxylic acid groups (broad SMARTS) is 1. The van der Waals surface area contributed by atoms with Gasteiger partial charge >= 0.3 is 5.97 Å². The minimum absolute atomic E-state index is 0.0258. The van der Waals surface area contributed by atoms with Crippen molar-refractivity contribution < 1.29 is 9.90 Å². The molecule has 0 aliphatic carbocycles. The Morgan fingerprint density at radius 3 is 2.68 bits per heavy atom. The fraction of sp³-hybridized carbons (Fsp3) is 0.615. The topological polar surface area (TPSA) is 66.3 Å². The molecule has 19 heavy (non-hydrogen) atoms. The molecule has 0 aromatic carbocycles. The molecule has 0 aliphatic rings. The summed E-state index contributed by atoms with van der Waals surface area (Å²) in [5.74, 6) is 0.402. The van der Waals surface area contributed by atoms with Gasteiger partial charge in [0.15, 0.2) is 0 Å². The highest BCUT2D eigenvalue weighted by molar-refractivity contribution is 14.1. The van der Waals surface area contributed by atoms with Crippen LogP contribution in [0.2, 0.25) is 0 Å². The Morgan fingerprint density at radius 1 is 1.47 bits per heavy atom. The Hall–Kier alpha value is -0.920. The minimum Gasteiger partial charge on any atom is -0.480 e. The molecule has 0 radical (unpaired) electrons. The summed E-state index contributed by atoms with van der Waals surface area (Å²) in [6, 6.07) is 0. The Morgan fingerprint density at radius 2 is 2.16 bits per heavy atom. The summed E-state index contributed by atoms with van der Waals surface area (Å²) < 4.78 is 0.962. The molecule has 6 heteroatoms. The minimum atomic E-state index is -0.840. The molecular weight excluding hydrogens is 357 g/mol. The van der Waals surface area contributed by atoms with Crippen molar-refractivity contribution in [3.63, 3.8) is 0 Å². The maximum atomic E-state index is 10.9. The lowest BCUT2D eigenvalue weighted by atomic mass is 10.1. The summed E-state index contributed by atoms with van der Waals surface area (Å²) in [7, 11) is 0. The first-order chi connectivity index (χ1) is 8.95. The molecule has 1 rings (SSSR count). The third-order valence-electron chi connectivity index (χ3n) is 2.56. The first-order valence-corrected chi connectivity index (χ1v) is 7.49. The van der Waals surface area contributed by atoms with Crippen molar-refractivity contribution in [3.05, 3.63) is 15.6 Å². The Bertz CT molecular complexity index is 438. The number of carboxylic acids is 1.